The summed E-state index contributed by atoms with van der Waals surface area (Å²) in [5, 5.41) is 3.03. The number of carbonyl (C=O) groups excluding carboxylic acids is 1. The number of nitrogens with two attached hydrogens (primary N) is 1. The van der Waals surface area contributed by atoms with Crippen molar-refractivity contribution in [1.82, 2.24) is 5.32 Å². The molecule has 0 heterocycles. The first kappa shape index (κ1) is 14.6. The predicted octanol–water partition coefficient (Wildman–Crippen LogP) is 2.75. The van der Waals surface area contributed by atoms with Crippen LogP contribution in [-0.2, 0) is 11.2 Å². The average molecular weight is 248 g/mol. The van der Waals surface area contributed by atoms with Crippen molar-refractivity contribution in [3.05, 3.63) is 29.8 Å². The molecule has 1 atom stereocenters. The van der Waals surface area contributed by atoms with Crippen molar-refractivity contribution in [3.8, 4) is 0 Å². The van der Waals surface area contributed by atoms with E-state index in [1.807, 2.05) is 24.3 Å². The second-order valence-electron chi connectivity index (χ2n) is 5.36. The van der Waals surface area contributed by atoms with Gasteiger partial charge in [0, 0.05) is 11.7 Å². The van der Waals surface area contributed by atoms with Crippen molar-refractivity contribution < 1.29 is 4.79 Å². The van der Waals surface area contributed by atoms with Gasteiger partial charge in [-0.2, -0.15) is 0 Å². The summed E-state index contributed by atoms with van der Waals surface area (Å²) in [5.41, 5.74) is 7.33. The maximum absolute atomic E-state index is 11.8. The number of nitrogen functional groups attached to an aromatic ring is 1. The number of hydrogen-bond acceptors (Lipinski definition) is 2. The number of hydrogen-bond donors (Lipinski definition) is 2. The van der Waals surface area contributed by atoms with Crippen molar-refractivity contribution in [1.29, 1.82) is 0 Å². The smallest absolute Gasteiger partial charge is 0.224 e. The minimum atomic E-state index is 0.0797. The van der Waals surface area contributed by atoms with Crippen LogP contribution in [0.3, 0.4) is 0 Å². The number of carbonyl (C=O) groups is 1. The molecule has 1 rings (SSSR count). The topological polar surface area (TPSA) is 55.1 Å². The molecular formula is C15H24N2O. The molecule has 0 saturated carbocycles. The van der Waals surface area contributed by atoms with Gasteiger partial charge in [0.05, 0.1) is 6.42 Å². The summed E-state index contributed by atoms with van der Waals surface area (Å²) < 4.78 is 0. The van der Waals surface area contributed by atoms with E-state index < -0.39 is 0 Å². The highest BCUT2D eigenvalue weighted by atomic mass is 16.1. The zero-order valence-electron chi connectivity index (χ0n) is 11.6. The van der Waals surface area contributed by atoms with Crippen LogP contribution in [-0.4, -0.2) is 11.9 Å². The normalized spacial score (nSPS) is 12.4. The molecule has 1 amide bonds. The van der Waals surface area contributed by atoms with E-state index in [-0.39, 0.29) is 11.9 Å². The maximum atomic E-state index is 11.8. The molecule has 1 aromatic rings. The predicted molar refractivity (Wildman–Crippen MR) is 76.2 cm³/mol. The largest absolute Gasteiger partial charge is 0.399 e. The molecule has 0 aliphatic carbocycles. The van der Waals surface area contributed by atoms with Crippen LogP contribution in [0.4, 0.5) is 5.69 Å². The molecule has 0 bridgehead atoms. The summed E-state index contributed by atoms with van der Waals surface area (Å²) in [6.45, 7) is 6.45. The van der Waals surface area contributed by atoms with Gasteiger partial charge in [-0.15, -0.1) is 0 Å². The molecule has 0 saturated heterocycles. The van der Waals surface area contributed by atoms with Gasteiger partial charge >= 0.3 is 0 Å². The van der Waals surface area contributed by atoms with Gasteiger partial charge in [0.1, 0.15) is 0 Å². The Bertz CT molecular complexity index is 371. The van der Waals surface area contributed by atoms with Gasteiger partial charge in [0.2, 0.25) is 5.91 Å². The highest BCUT2D eigenvalue weighted by Crippen LogP contribution is 2.08. The van der Waals surface area contributed by atoms with E-state index in [2.05, 4.69) is 26.1 Å². The van der Waals surface area contributed by atoms with Gasteiger partial charge in [0.25, 0.3) is 0 Å². The Kier molecular flexibility index (Phi) is 5.69. The lowest BCUT2D eigenvalue weighted by atomic mass is 10.0. The van der Waals surface area contributed by atoms with Crippen molar-refractivity contribution in [3.63, 3.8) is 0 Å². The van der Waals surface area contributed by atoms with E-state index in [0.717, 1.165) is 24.1 Å². The van der Waals surface area contributed by atoms with E-state index in [4.69, 9.17) is 5.73 Å². The van der Waals surface area contributed by atoms with Crippen LogP contribution in [0.1, 0.15) is 39.2 Å². The third kappa shape index (κ3) is 5.71. The second-order valence-corrected chi connectivity index (χ2v) is 5.36. The summed E-state index contributed by atoms with van der Waals surface area (Å²) in [6.07, 6.45) is 2.60. The lowest BCUT2D eigenvalue weighted by molar-refractivity contribution is -0.121. The number of rotatable bonds is 6. The third-order valence-corrected chi connectivity index (χ3v) is 2.93. The fourth-order valence-corrected chi connectivity index (χ4v) is 1.80. The Balaban J connectivity index is 2.34. The Morgan fingerprint density at radius 2 is 1.78 bits per heavy atom. The van der Waals surface area contributed by atoms with Gasteiger partial charge in [-0.3, -0.25) is 4.79 Å². The Morgan fingerprint density at radius 1 is 1.17 bits per heavy atom. The summed E-state index contributed by atoms with van der Waals surface area (Å²) >= 11 is 0. The molecule has 1 aromatic carbocycles. The molecule has 18 heavy (non-hydrogen) atoms. The van der Waals surface area contributed by atoms with Crippen molar-refractivity contribution in [2.45, 2.75) is 46.1 Å². The van der Waals surface area contributed by atoms with Crippen LogP contribution in [0.5, 0.6) is 0 Å². The first-order valence-electron chi connectivity index (χ1n) is 6.61. The zero-order valence-corrected chi connectivity index (χ0v) is 11.6. The van der Waals surface area contributed by atoms with Crippen molar-refractivity contribution in [2.75, 3.05) is 5.73 Å². The van der Waals surface area contributed by atoms with Crippen molar-refractivity contribution in [2.24, 2.45) is 5.92 Å². The van der Waals surface area contributed by atoms with E-state index in [0.29, 0.717) is 12.3 Å². The highest BCUT2D eigenvalue weighted by molar-refractivity contribution is 5.78. The Labute approximate surface area is 110 Å². The first-order valence-corrected chi connectivity index (χ1v) is 6.61. The van der Waals surface area contributed by atoms with Crippen LogP contribution in [0.15, 0.2) is 24.3 Å². The molecule has 3 heteroatoms. The maximum Gasteiger partial charge on any atom is 0.224 e. The summed E-state index contributed by atoms with van der Waals surface area (Å²) in [6, 6.07) is 7.69. The van der Waals surface area contributed by atoms with Gasteiger partial charge in [-0.1, -0.05) is 26.0 Å². The lowest BCUT2D eigenvalue weighted by Gasteiger charge is -2.15. The van der Waals surface area contributed by atoms with Crippen LogP contribution in [0.2, 0.25) is 0 Å². The zero-order chi connectivity index (χ0) is 13.5. The Hall–Kier alpha value is -1.51. The minimum absolute atomic E-state index is 0.0797. The van der Waals surface area contributed by atoms with Crippen molar-refractivity contribution >= 4 is 11.6 Å². The van der Waals surface area contributed by atoms with E-state index in [1.165, 1.54) is 0 Å². The summed E-state index contributed by atoms with van der Waals surface area (Å²) in [4.78, 5) is 11.8. The number of amides is 1. The van der Waals surface area contributed by atoms with Crippen LogP contribution >= 0.6 is 0 Å². The molecule has 0 aromatic heterocycles. The molecule has 3 nitrogen and oxygen atoms in total. The molecule has 100 valence electrons. The first-order chi connectivity index (χ1) is 8.47. The van der Waals surface area contributed by atoms with E-state index in [1.54, 1.807) is 0 Å². The fourth-order valence-electron chi connectivity index (χ4n) is 1.80. The van der Waals surface area contributed by atoms with Crippen LogP contribution < -0.4 is 11.1 Å². The SMILES string of the molecule is CC(C)CCC(C)NC(=O)Cc1ccc(N)cc1. The van der Waals surface area contributed by atoms with Crippen LogP contribution in [0, 0.1) is 5.92 Å². The molecular weight excluding hydrogens is 224 g/mol. The molecule has 0 aliphatic rings. The number of nitrogens with one attached hydrogen (secondary N) is 1. The van der Waals surface area contributed by atoms with Gasteiger partial charge in [-0.25, -0.2) is 0 Å². The van der Waals surface area contributed by atoms with Gasteiger partial charge < -0.3 is 11.1 Å². The average Bonchev–Trinajstić information content (AvgIpc) is 2.29. The molecule has 0 spiro atoms. The molecule has 0 aliphatic heterocycles. The summed E-state index contributed by atoms with van der Waals surface area (Å²) in [5.74, 6) is 0.762. The molecule has 3 N–H and O–H groups in total. The minimum Gasteiger partial charge on any atom is -0.399 e. The molecule has 1 unspecified atom stereocenters. The summed E-state index contributed by atoms with van der Waals surface area (Å²) in [7, 11) is 0. The fraction of sp³-hybridized carbons (Fsp3) is 0.533. The third-order valence-electron chi connectivity index (χ3n) is 2.93. The monoisotopic (exact) mass is 248 g/mol. The molecule has 0 radical (unpaired) electrons. The van der Waals surface area contributed by atoms with E-state index in [9.17, 15) is 4.79 Å². The standard InChI is InChI=1S/C15H24N2O/c1-11(2)4-5-12(3)17-15(18)10-13-6-8-14(16)9-7-13/h6-9,11-12H,4-5,10,16H2,1-3H3,(H,17,18). The number of anilines is 1. The molecule has 0 fully saturated rings. The highest BCUT2D eigenvalue weighted by Gasteiger charge is 2.08. The lowest BCUT2D eigenvalue weighted by Crippen LogP contribution is -2.33. The Morgan fingerprint density at radius 3 is 2.33 bits per heavy atom. The van der Waals surface area contributed by atoms with E-state index >= 15 is 0 Å². The van der Waals surface area contributed by atoms with Gasteiger partial charge in [-0.05, 0) is 43.4 Å². The second kappa shape index (κ2) is 7.04. The van der Waals surface area contributed by atoms with Crippen LogP contribution in [0.25, 0.3) is 0 Å². The van der Waals surface area contributed by atoms with Gasteiger partial charge in [0.15, 0.2) is 0 Å². The quantitative estimate of drug-likeness (QED) is 0.761. The number of benzene rings is 1.